The van der Waals surface area contributed by atoms with Gasteiger partial charge in [-0.15, -0.1) is 0 Å². The van der Waals surface area contributed by atoms with Gasteiger partial charge in [0.25, 0.3) is 11.5 Å². The van der Waals surface area contributed by atoms with Gasteiger partial charge in [-0.1, -0.05) is 30.0 Å². The number of benzene rings is 1. The van der Waals surface area contributed by atoms with E-state index >= 15 is 0 Å². The van der Waals surface area contributed by atoms with Crippen LogP contribution in [0.15, 0.2) is 52.3 Å². The van der Waals surface area contributed by atoms with Gasteiger partial charge in [-0.3, -0.25) is 23.7 Å². The molecule has 1 N–H and O–H groups in total. The number of rotatable bonds is 8. The Labute approximate surface area is 240 Å². The lowest BCUT2D eigenvalue weighted by Crippen LogP contribution is -2.47. The van der Waals surface area contributed by atoms with Crippen molar-refractivity contribution in [3.05, 3.63) is 69.0 Å². The van der Waals surface area contributed by atoms with Crippen molar-refractivity contribution in [1.82, 2.24) is 14.3 Å². The molecule has 1 aromatic carbocycles. The molecule has 1 amide bonds. The Hall–Kier alpha value is -3.90. The Bertz CT molecular complexity index is 1560. The molecule has 3 aromatic rings. The second kappa shape index (κ2) is 11.7. The first kappa shape index (κ1) is 27.7. The average Bonchev–Trinajstić information content (AvgIpc) is 3.22. The Morgan fingerprint density at radius 2 is 1.82 bits per heavy atom. The minimum Gasteiger partial charge on any atom is -0.497 e. The third-order valence-electron chi connectivity index (χ3n) is 7.00. The van der Waals surface area contributed by atoms with Crippen LogP contribution in [-0.4, -0.2) is 75.4 Å². The first-order chi connectivity index (χ1) is 19.3. The predicted octanol–water partition coefficient (Wildman–Crippen LogP) is 3.40. The highest BCUT2D eigenvalue weighted by Crippen LogP contribution is 2.34. The number of hydrogen-bond donors (Lipinski definition) is 1. The number of amides is 1. The number of pyridine rings is 1. The average molecular weight is 580 g/mol. The topological polar surface area (TPSA) is 108 Å². The van der Waals surface area contributed by atoms with Crippen molar-refractivity contribution >= 4 is 63.4 Å². The number of aliphatic carboxylic acids is 1. The van der Waals surface area contributed by atoms with Gasteiger partial charge in [-0.2, -0.15) is 0 Å². The van der Waals surface area contributed by atoms with Gasteiger partial charge in [-0.25, -0.2) is 4.98 Å². The fourth-order valence-electron chi connectivity index (χ4n) is 4.85. The van der Waals surface area contributed by atoms with E-state index in [-0.39, 0.29) is 30.9 Å². The molecule has 5 rings (SSSR count). The van der Waals surface area contributed by atoms with Gasteiger partial charge in [0, 0.05) is 51.0 Å². The number of carboxylic acids is 1. The zero-order valence-corrected chi connectivity index (χ0v) is 23.8. The van der Waals surface area contributed by atoms with Crippen LogP contribution in [0.3, 0.4) is 0 Å². The van der Waals surface area contributed by atoms with Crippen LogP contribution in [0.5, 0.6) is 5.75 Å². The van der Waals surface area contributed by atoms with E-state index in [1.165, 1.54) is 9.30 Å². The lowest BCUT2D eigenvalue weighted by Gasteiger charge is -2.37. The van der Waals surface area contributed by atoms with Gasteiger partial charge >= 0.3 is 5.97 Å². The van der Waals surface area contributed by atoms with Crippen molar-refractivity contribution in [3.8, 4) is 5.75 Å². The highest BCUT2D eigenvalue weighted by molar-refractivity contribution is 8.26. The number of ether oxygens (including phenoxy) is 1. The van der Waals surface area contributed by atoms with Crippen LogP contribution in [0.4, 0.5) is 11.5 Å². The van der Waals surface area contributed by atoms with Gasteiger partial charge in [0.05, 0.1) is 17.6 Å². The minimum atomic E-state index is -0.928. The first-order valence-electron chi connectivity index (χ1n) is 12.9. The van der Waals surface area contributed by atoms with Gasteiger partial charge in [0.2, 0.25) is 0 Å². The largest absolute Gasteiger partial charge is 0.497 e. The van der Waals surface area contributed by atoms with Gasteiger partial charge in [0.1, 0.15) is 21.5 Å². The Balaban J connectivity index is 1.46. The number of carboxylic acid groups (broad SMARTS) is 1. The minimum absolute atomic E-state index is 0.0575. The highest BCUT2D eigenvalue weighted by Gasteiger charge is 2.33. The number of methoxy groups -OCH3 is 1. The van der Waals surface area contributed by atoms with E-state index in [2.05, 4.69) is 9.80 Å². The molecule has 10 nitrogen and oxygen atoms in total. The maximum atomic E-state index is 13.8. The van der Waals surface area contributed by atoms with Crippen LogP contribution in [0.1, 0.15) is 24.0 Å². The van der Waals surface area contributed by atoms with Crippen LogP contribution in [0, 0.1) is 6.92 Å². The molecule has 40 heavy (non-hydrogen) atoms. The van der Waals surface area contributed by atoms with Crippen LogP contribution < -0.4 is 20.1 Å². The van der Waals surface area contributed by atoms with E-state index in [1.807, 2.05) is 37.3 Å². The highest BCUT2D eigenvalue weighted by atomic mass is 32.2. The normalized spacial score (nSPS) is 16.9. The Kier molecular flexibility index (Phi) is 8.08. The number of hydrogen-bond acceptors (Lipinski definition) is 9. The van der Waals surface area contributed by atoms with Gasteiger partial charge in [0.15, 0.2) is 0 Å². The number of nitrogens with zero attached hydrogens (tertiary/aromatic N) is 5. The number of carbonyl (C=O) groups excluding carboxylic acids is 1. The number of carbonyl (C=O) groups is 2. The molecule has 0 radical (unpaired) electrons. The number of fused-ring (bicyclic) bond motifs is 1. The monoisotopic (exact) mass is 579 g/mol. The summed E-state index contributed by atoms with van der Waals surface area (Å²) in [7, 11) is 1.64. The number of anilines is 2. The predicted molar refractivity (Wildman–Crippen MR) is 160 cm³/mol. The fourth-order valence-corrected chi connectivity index (χ4v) is 6.14. The van der Waals surface area contributed by atoms with E-state index in [1.54, 1.807) is 25.4 Å². The second-order valence-electron chi connectivity index (χ2n) is 9.54. The summed E-state index contributed by atoms with van der Waals surface area (Å²) in [6.45, 7) is 4.85. The zero-order valence-electron chi connectivity index (χ0n) is 22.2. The number of thioether (sulfide) groups is 1. The van der Waals surface area contributed by atoms with E-state index in [0.29, 0.717) is 39.3 Å². The third-order valence-corrected chi connectivity index (χ3v) is 8.38. The summed E-state index contributed by atoms with van der Waals surface area (Å²) in [5, 5.41) is 8.95. The number of thiocarbonyl (C=S) groups is 1. The van der Waals surface area contributed by atoms with E-state index < -0.39 is 5.97 Å². The summed E-state index contributed by atoms with van der Waals surface area (Å²) in [4.78, 5) is 48.9. The number of piperazine rings is 1. The van der Waals surface area contributed by atoms with Gasteiger partial charge < -0.3 is 19.6 Å². The smallest absolute Gasteiger partial charge is 0.303 e. The molecule has 0 spiro atoms. The standard InChI is InChI=1S/C28H29N5O5S2/c1-18-5-3-11-32-24(18)29-25(31-15-13-30(14-16-31)19-7-9-20(38-2)10-8-19)21(26(32)36)17-22-27(37)33(28(39)40-22)12-4-6-23(34)35/h3,5,7-11,17H,4,6,12-16H2,1-2H3,(H,34,35)/b22-17-. The molecule has 2 aliphatic rings. The van der Waals surface area contributed by atoms with E-state index in [0.717, 1.165) is 41.9 Å². The Morgan fingerprint density at radius 3 is 2.50 bits per heavy atom. The lowest BCUT2D eigenvalue weighted by molar-refractivity contribution is -0.137. The van der Waals surface area contributed by atoms with E-state index in [9.17, 15) is 14.4 Å². The molecular weight excluding hydrogens is 550 g/mol. The van der Waals surface area contributed by atoms with Gasteiger partial charge in [-0.05, 0) is 55.3 Å². The lowest BCUT2D eigenvalue weighted by atomic mass is 10.2. The third kappa shape index (κ3) is 5.54. The molecule has 2 aliphatic heterocycles. The second-order valence-corrected chi connectivity index (χ2v) is 11.2. The molecule has 4 heterocycles. The molecule has 0 aliphatic carbocycles. The number of aromatic nitrogens is 2. The number of aryl methyl sites for hydroxylation is 1. The summed E-state index contributed by atoms with van der Waals surface area (Å²) in [5.41, 5.74) is 2.59. The van der Waals surface area contributed by atoms with Crippen molar-refractivity contribution in [3.63, 3.8) is 0 Å². The molecule has 0 unspecified atom stereocenters. The summed E-state index contributed by atoms with van der Waals surface area (Å²) in [5.74, 6) is 0.0769. The maximum absolute atomic E-state index is 13.8. The SMILES string of the molecule is COc1ccc(N2CCN(c3nc4c(C)cccn4c(=O)c3/C=C3\SC(=S)N(CCCC(=O)O)C3=O)CC2)cc1. The molecular formula is C28H29N5O5S2. The van der Waals surface area contributed by atoms with Crippen LogP contribution in [0.25, 0.3) is 11.7 Å². The van der Waals surface area contributed by atoms with Crippen LogP contribution in [-0.2, 0) is 9.59 Å². The molecule has 0 bridgehead atoms. The summed E-state index contributed by atoms with van der Waals surface area (Å²) >= 11 is 6.52. The van der Waals surface area contributed by atoms with Crippen molar-refractivity contribution in [2.75, 3.05) is 49.6 Å². The summed E-state index contributed by atoms with van der Waals surface area (Å²) in [6.07, 6.45) is 3.50. The molecule has 12 heteroatoms. The molecule has 0 atom stereocenters. The molecule has 2 saturated heterocycles. The quantitative estimate of drug-likeness (QED) is 0.315. The fraction of sp³-hybridized carbons (Fsp3) is 0.321. The zero-order chi connectivity index (χ0) is 28.4. The summed E-state index contributed by atoms with van der Waals surface area (Å²) < 4.78 is 7.13. The molecule has 2 aromatic heterocycles. The van der Waals surface area contributed by atoms with Crippen molar-refractivity contribution in [2.24, 2.45) is 0 Å². The van der Waals surface area contributed by atoms with Crippen molar-refractivity contribution < 1.29 is 19.4 Å². The van der Waals surface area contributed by atoms with Crippen LogP contribution in [0.2, 0.25) is 0 Å². The molecule has 208 valence electrons. The van der Waals surface area contributed by atoms with Crippen molar-refractivity contribution in [2.45, 2.75) is 19.8 Å². The molecule has 0 saturated carbocycles. The Morgan fingerprint density at radius 1 is 1.12 bits per heavy atom. The van der Waals surface area contributed by atoms with Crippen molar-refractivity contribution in [1.29, 1.82) is 0 Å². The maximum Gasteiger partial charge on any atom is 0.303 e. The van der Waals surface area contributed by atoms with E-state index in [4.69, 9.17) is 27.0 Å². The first-order valence-corrected chi connectivity index (χ1v) is 14.1. The molecule has 2 fully saturated rings. The van der Waals surface area contributed by atoms with Crippen LogP contribution >= 0.6 is 24.0 Å². The summed E-state index contributed by atoms with van der Waals surface area (Å²) in [6, 6.07) is 11.6.